The molecule has 0 aromatic heterocycles. The monoisotopic (exact) mass is 186 g/mol. The second-order valence-electron chi connectivity index (χ2n) is 3.71. The molecule has 0 radical (unpaired) electrons. The van der Waals surface area contributed by atoms with Crippen LogP contribution >= 0.6 is 0 Å². The summed E-state index contributed by atoms with van der Waals surface area (Å²) in [5, 5.41) is 12.2. The highest BCUT2D eigenvalue weighted by atomic mass is 16.3. The van der Waals surface area contributed by atoms with Crippen molar-refractivity contribution in [1.82, 2.24) is 5.32 Å². The van der Waals surface area contributed by atoms with E-state index in [1.54, 1.807) is 0 Å². The normalized spacial score (nSPS) is 21.3. The van der Waals surface area contributed by atoms with Crippen LogP contribution in [0, 0.1) is 11.8 Å². The van der Waals surface area contributed by atoms with E-state index in [1.165, 1.54) is 0 Å². The lowest BCUT2D eigenvalue weighted by molar-refractivity contribution is -0.123. The van der Waals surface area contributed by atoms with Gasteiger partial charge in [0, 0.05) is 0 Å². The van der Waals surface area contributed by atoms with Crippen LogP contribution in [-0.2, 0) is 4.79 Å². The lowest BCUT2D eigenvalue weighted by atomic mass is 9.88. The van der Waals surface area contributed by atoms with Crippen molar-refractivity contribution < 1.29 is 9.90 Å². The second-order valence-corrected chi connectivity index (χ2v) is 3.71. The average molecular weight is 186 g/mol. The van der Waals surface area contributed by atoms with E-state index >= 15 is 0 Å². The first-order chi connectivity index (χ1) is 6.24. The Hall–Kier alpha value is -0.610. The third-order valence-electron chi connectivity index (χ3n) is 2.70. The molecule has 0 aromatic carbocycles. The smallest absolute Gasteiger partial charge is 0.222 e. The number of piperidine rings is 1. The first kappa shape index (κ1) is 10.5. The summed E-state index contributed by atoms with van der Waals surface area (Å²) in [6.07, 6.45) is 2.92. The van der Waals surface area contributed by atoms with E-state index < -0.39 is 0 Å². The van der Waals surface area contributed by atoms with Crippen molar-refractivity contribution in [1.29, 1.82) is 0 Å². The molecule has 4 heteroatoms. The van der Waals surface area contributed by atoms with Gasteiger partial charge >= 0.3 is 0 Å². The zero-order valence-electron chi connectivity index (χ0n) is 7.83. The first-order valence-electron chi connectivity index (χ1n) is 4.85. The predicted molar refractivity (Wildman–Crippen MR) is 50.0 cm³/mol. The van der Waals surface area contributed by atoms with Gasteiger partial charge in [-0.25, -0.2) is 0 Å². The van der Waals surface area contributed by atoms with Crippen molar-refractivity contribution in [2.75, 3.05) is 19.7 Å². The molecule has 0 aliphatic carbocycles. The highest BCUT2D eigenvalue weighted by molar-refractivity contribution is 5.76. The van der Waals surface area contributed by atoms with Gasteiger partial charge in [-0.05, 0) is 38.3 Å². The van der Waals surface area contributed by atoms with Crippen LogP contribution in [0.15, 0.2) is 0 Å². The number of rotatable bonds is 4. The molecule has 13 heavy (non-hydrogen) atoms. The lowest BCUT2D eigenvalue weighted by Crippen LogP contribution is -2.33. The van der Waals surface area contributed by atoms with Gasteiger partial charge in [0.25, 0.3) is 0 Å². The number of amides is 1. The Morgan fingerprint density at radius 1 is 1.54 bits per heavy atom. The van der Waals surface area contributed by atoms with E-state index in [4.69, 9.17) is 10.8 Å². The minimum atomic E-state index is -0.374. The van der Waals surface area contributed by atoms with Crippen LogP contribution in [0.2, 0.25) is 0 Å². The molecule has 1 fully saturated rings. The molecule has 1 heterocycles. The number of nitrogens with two attached hydrogens (primary N) is 1. The van der Waals surface area contributed by atoms with Gasteiger partial charge in [-0.3, -0.25) is 4.79 Å². The standard InChI is InChI=1S/C9H18N2O2/c10-9(13)8(6-12)5-7-1-3-11-4-2-7/h7-8,11-12H,1-6H2,(H2,10,13). The maximum absolute atomic E-state index is 10.9. The molecule has 76 valence electrons. The molecule has 1 rings (SSSR count). The lowest BCUT2D eigenvalue weighted by Gasteiger charge is -2.24. The average Bonchev–Trinajstić information content (AvgIpc) is 2.15. The largest absolute Gasteiger partial charge is 0.396 e. The Labute approximate surface area is 78.5 Å². The van der Waals surface area contributed by atoms with Crippen LogP contribution in [0.5, 0.6) is 0 Å². The molecule has 4 nitrogen and oxygen atoms in total. The summed E-state index contributed by atoms with van der Waals surface area (Å²) in [6.45, 7) is 1.92. The molecule has 0 bridgehead atoms. The van der Waals surface area contributed by atoms with Gasteiger partial charge in [0.05, 0.1) is 12.5 Å². The summed E-state index contributed by atoms with van der Waals surface area (Å²) < 4.78 is 0. The van der Waals surface area contributed by atoms with Crippen LogP contribution < -0.4 is 11.1 Å². The van der Waals surface area contributed by atoms with Gasteiger partial charge in [-0.15, -0.1) is 0 Å². The third kappa shape index (κ3) is 3.32. The van der Waals surface area contributed by atoms with Crippen LogP contribution in [0.3, 0.4) is 0 Å². The van der Waals surface area contributed by atoms with Crippen molar-refractivity contribution in [3.8, 4) is 0 Å². The number of aliphatic hydroxyl groups is 1. The molecular formula is C9H18N2O2. The Bertz CT molecular complexity index is 167. The van der Waals surface area contributed by atoms with E-state index in [0.29, 0.717) is 5.92 Å². The van der Waals surface area contributed by atoms with E-state index in [-0.39, 0.29) is 18.4 Å². The number of aliphatic hydroxyl groups excluding tert-OH is 1. The highest BCUT2D eigenvalue weighted by Crippen LogP contribution is 2.20. The van der Waals surface area contributed by atoms with Gasteiger partial charge in [-0.1, -0.05) is 0 Å². The molecule has 1 aliphatic heterocycles. The van der Waals surface area contributed by atoms with Crippen molar-refractivity contribution >= 4 is 5.91 Å². The van der Waals surface area contributed by atoms with Crippen LogP contribution in [-0.4, -0.2) is 30.7 Å². The van der Waals surface area contributed by atoms with Gasteiger partial charge in [0.15, 0.2) is 0 Å². The van der Waals surface area contributed by atoms with Gasteiger partial charge in [0.1, 0.15) is 0 Å². The Morgan fingerprint density at radius 2 is 2.15 bits per heavy atom. The van der Waals surface area contributed by atoms with Crippen LogP contribution in [0.25, 0.3) is 0 Å². The maximum Gasteiger partial charge on any atom is 0.222 e. The minimum absolute atomic E-state index is 0.112. The number of primary amides is 1. The molecule has 1 aliphatic rings. The summed E-state index contributed by atoms with van der Waals surface area (Å²) >= 11 is 0. The fourth-order valence-electron chi connectivity index (χ4n) is 1.80. The van der Waals surface area contributed by atoms with Gasteiger partial charge < -0.3 is 16.2 Å². The summed E-state index contributed by atoms with van der Waals surface area (Å²) in [5.74, 6) is -0.171. The fraction of sp³-hybridized carbons (Fsp3) is 0.889. The van der Waals surface area contributed by atoms with Crippen LogP contribution in [0.4, 0.5) is 0 Å². The fourth-order valence-corrected chi connectivity index (χ4v) is 1.80. The van der Waals surface area contributed by atoms with Gasteiger partial charge in [-0.2, -0.15) is 0 Å². The van der Waals surface area contributed by atoms with Crippen LogP contribution in [0.1, 0.15) is 19.3 Å². The van der Waals surface area contributed by atoms with Crippen molar-refractivity contribution in [3.05, 3.63) is 0 Å². The summed E-state index contributed by atoms with van der Waals surface area (Å²) in [6, 6.07) is 0. The van der Waals surface area contributed by atoms with Crippen molar-refractivity contribution in [3.63, 3.8) is 0 Å². The zero-order valence-corrected chi connectivity index (χ0v) is 7.83. The zero-order chi connectivity index (χ0) is 9.68. The second kappa shape index (κ2) is 5.19. The van der Waals surface area contributed by atoms with E-state index in [2.05, 4.69) is 5.32 Å². The number of carbonyl (C=O) groups excluding carboxylic acids is 1. The molecule has 0 saturated carbocycles. The Kier molecular flexibility index (Phi) is 4.18. The predicted octanol–water partition coefficient (Wildman–Crippen LogP) is -0.530. The van der Waals surface area contributed by atoms with Gasteiger partial charge in [0.2, 0.25) is 5.91 Å². The number of hydrogen-bond donors (Lipinski definition) is 3. The van der Waals surface area contributed by atoms with E-state index in [1.807, 2.05) is 0 Å². The number of carbonyl (C=O) groups is 1. The molecule has 1 amide bonds. The molecule has 1 unspecified atom stereocenters. The minimum Gasteiger partial charge on any atom is -0.396 e. The molecule has 0 aromatic rings. The summed E-state index contributed by atoms with van der Waals surface area (Å²) in [7, 11) is 0. The molecule has 1 saturated heterocycles. The van der Waals surface area contributed by atoms with E-state index in [9.17, 15) is 4.79 Å². The maximum atomic E-state index is 10.9. The first-order valence-corrected chi connectivity index (χ1v) is 4.85. The third-order valence-corrected chi connectivity index (χ3v) is 2.70. The summed E-state index contributed by atoms with van der Waals surface area (Å²) in [4.78, 5) is 10.9. The highest BCUT2D eigenvalue weighted by Gasteiger charge is 2.21. The Morgan fingerprint density at radius 3 is 2.62 bits per heavy atom. The summed E-state index contributed by atoms with van der Waals surface area (Å²) in [5.41, 5.74) is 5.15. The molecular weight excluding hydrogens is 168 g/mol. The van der Waals surface area contributed by atoms with E-state index in [0.717, 1.165) is 32.4 Å². The molecule has 0 spiro atoms. The van der Waals surface area contributed by atoms with Crippen molar-refractivity contribution in [2.45, 2.75) is 19.3 Å². The number of nitrogens with one attached hydrogen (secondary N) is 1. The molecule has 1 atom stereocenters. The molecule has 4 N–H and O–H groups in total. The topological polar surface area (TPSA) is 75.4 Å². The Balaban J connectivity index is 2.31. The SMILES string of the molecule is NC(=O)C(CO)CC1CCNCC1. The number of hydrogen-bond acceptors (Lipinski definition) is 3. The van der Waals surface area contributed by atoms with Crippen molar-refractivity contribution in [2.24, 2.45) is 17.6 Å². The quantitative estimate of drug-likeness (QED) is 0.552.